The zero-order valence-corrected chi connectivity index (χ0v) is 12.2. The number of benzene rings is 2. The monoisotopic (exact) mass is 299 g/mol. The van der Waals surface area contributed by atoms with Crippen LogP contribution in [0.15, 0.2) is 55.1 Å². The summed E-state index contributed by atoms with van der Waals surface area (Å²) in [5.41, 5.74) is 1.83. The Morgan fingerprint density at radius 3 is 2.95 bits per heavy atom. The smallest absolute Gasteiger partial charge is 0.146 e. The Hall–Kier alpha value is -2.49. The van der Waals surface area contributed by atoms with Crippen LogP contribution in [0.2, 0.25) is 0 Å². The minimum atomic E-state index is -0.241. The van der Waals surface area contributed by atoms with Gasteiger partial charge in [-0.05, 0) is 29.8 Å². The van der Waals surface area contributed by atoms with Gasteiger partial charge in [0.1, 0.15) is 23.4 Å². The number of nitrogens with zero attached hydrogens (tertiary/aromatic N) is 1. The summed E-state index contributed by atoms with van der Waals surface area (Å²) < 4.78 is 19.3. The van der Waals surface area contributed by atoms with Crippen LogP contribution in [0.5, 0.6) is 11.5 Å². The summed E-state index contributed by atoms with van der Waals surface area (Å²) in [4.78, 5) is 2.15. The molecule has 0 aliphatic carbocycles. The Labute approximate surface area is 129 Å². The Morgan fingerprint density at radius 2 is 2.18 bits per heavy atom. The molecule has 22 heavy (non-hydrogen) atoms. The van der Waals surface area contributed by atoms with E-state index in [2.05, 4.69) is 11.5 Å². The van der Waals surface area contributed by atoms with E-state index in [0.717, 1.165) is 11.3 Å². The van der Waals surface area contributed by atoms with Crippen LogP contribution in [0.3, 0.4) is 0 Å². The first-order valence-corrected chi connectivity index (χ1v) is 7.25. The molecule has 114 valence electrons. The molecule has 0 spiro atoms. The number of hydrogen-bond acceptors (Lipinski definition) is 3. The van der Waals surface area contributed by atoms with Gasteiger partial charge in [-0.1, -0.05) is 18.2 Å². The number of anilines is 1. The molecule has 2 aromatic rings. The van der Waals surface area contributed by atoms with Gasteiger partial charge >= 0.3 is 0 Å². The zero-order valence-electron chi connectivity index (χ0n) is 12.2. The average Bonchev–Trinajstić information content (AvgIpc) is 2.47. The standard InChI is InChI=1S/C18H18FNO2/c1-2-8-20-12-16(10-13-4-3-5-14(19)9-13)22-18-11-15(21)6-7-17(18)20/h2-7,9,11,16,21H,1,8,10,12H2. The van der Waals surface area contributed by atoms with Crippen molar-refractivity contribution in [1.82, 2.24) is 0 Å². The minimum absolute atomic E-state index is 0.101. The molecule has 1 atom stereocenters. The number of hydrogen-bond donors (Lipinski definition) is 1. The van der Waals surface area contributed by atoms with Crippen molar-refractivity contribution >= 4 is 5.69 Å². The summed E-state index contributed by atoms with van der Waals surface area (Å²) >= 11 is 0. The molecule has 3 rings (SSSR count). The highest BCUT2D eigenvalue weighted by atomic mass is 19.1. The number of phenolic OH excluding ortho intramolecular Hbond substituents is 1. The molecule has 0 bridgehead atoms. The molecule has 1 N–H and O–H groups in total. The normalized spacial score (nSPS) is 16.8. The van der Waals surface area contributed by atoms with E-state index in [-0.39, 0.29) is 17.7 Å². The van der Waals surface area contributed by atoms with Gasteiger partial charge < -0.3 is 14.7 Å². The number of phenols is 1. The summed E-state index contributed by atoms with van der Waals surface area (Å²) in [5.74, 6) is 0.576. The van der Waals surface area contributed by atoms with E-state index in [0.29, 0.717) is 25.3 Å². The fourth-order valence-corrected chi connectivity index (χ4v) is 2.78. The third-order valence-electron chi connectivity index (χ3n) is 3.70. The molecule has 2 aromatic carbocycles. The highest BCUT2D eigenvalue weighted by Gasteiger charge is 2.25. The Balaban J connectivity index is 1.84. The van der Waals surface area contributed by atoms with Gasteiger partial charge in [0, 0.05) is 19.0 Å². The molecule has 1 heterocycles. The Kier molecular flexibility index (Phi) is 4.00. The minimum Gasteiger partial charge on any atom is -0.508 e. The van der Waals surface area contributed by atoms with Crippen molar-refractivity contribution in [2.75, 3.05) is 18.0 Å². The lowest BCUT2D eigenvalue weighted by Crippen LogP contribution is -2.41. The second-order valence-corrected chi connectivity index (χ2v) is 5.42. The molecule has 0 aromatic heterocycles. The molecule has 0 radical (unpaired) electrons. The van der Waals surface area contributed by atoms with Gasteiger partial charge in [0.15, 0.2) is 0 Å². The Morgan fingerprint density at radius 1 is 1.32 bits per heavy atom. The summed E-state index contributed by atoms with van der Waals surface area (Å²) in [6.07, 6.45) is 2.35. The number of halogens is 1. The van der Waals surface area contributed by atoms with Gasteiger partial charge in [-0.25, -0.2) is 4.39 Å². The van der Waals surface area contributed by atoms with Crippen LogP contribution in [-0.4, -0.2) is 24.3 Å². The Bertz CT molecular complexity index is 687. The van der Waals surface area contributed by atoms with Crippen LogP contribution in [-0.2, 0) is 6.42 Å². The molecule has 1 aliphatic rings. The number of fused-ring (bicyclic) bond motifs is 1. The maximum atomic E-state index is 13.3. The van der Waals surface area contributed by atoms with Crippen molar-refractivity contribution in [3.63, 3.8) is 0 Å². The van der Waals surface area contributed by atoms with Gasteiger partial charge in [-0.2, -0.15) is 0 Å². The van der Waals surface area contributed by atoms with Crippen molar-refractivity contribution in [2.24, 2.45) is 0 Å². The van der Waals surface area contributed by atoms with E-state index in [4.69, 9.17) is 4.74 Å². The fourth-order valence-electron chi connectivity index (χ4n) is 2.78. The van der Waals surface area contributed by atoms with Crippen molar-refractivity contribution < 1.29 is 14.2 Å². The molecule has 1 unspecified atom stereocenters. The predicted molar refractivity (Wildman–Crippen MR) is 85.0 cm³/mol. The lowest BCUT2D eigenvalue weighted by molar-refractivity contribution is 0.194. The van der Waals surface area contributed by atoms with Crippen LogP contribution in [0, 0.1) is 5.82 Å². The van der Waals surface area contributed by atoms with Crippen molar-refractivity contribution in [2.45, 2.75) is 12.5 Å². The topological polar surface area (TPSA) is 32.7 Å². The summed E-state index contributed by atoms with van der Waals surface area (Å²) in [6.45, 7) is 5.17. The molecule has 0 saturated carbocycles. The van der Waals surface area contributed by atoms with Crippen LogP contribution < -0.4 is 9.64 Å². The van der Waals surface area contributed by atoms with Crippen LogP contribution in [0.1, 0.15) is 5.56 Å². The van der Waals surface area contributed by atoms with Crippen LogP contribution >= 0.6 is 0 Å². The quantitative estimate of drug-likeness (QED) is 0.877. The van der Waals surface area contributed by atoms with E-state index in [1.807, 2.05) is 18.2 Å². The average molecular weight is 299 g/mol. The summed E-state index contributed by atoms with van der Waals surface area (Å²) in [6, 6.07) is 11.7. The molecule has 0 amide bonds. The lowest BCUT2D eigenvalue weighted by Gasteiger charge is -2.36. The second kappa shape index (κ2) is 6.10. The first-order chi connectivity index (χ1) is 10.7. The fraction of sp³-hybridized carbons (Fsp3) is 0.222. The van der Waals surface area contributed by atoms with E-state index < -0.39 is 0 Å². The van der Waals surface area contributed by atoms with E-state index in [9.17, 15) is 9.50 Å². The SMILES string of the molecule is C=CCN1CC(Cc2cccc(F)c2)Oc2cc(O)ccc21. The van der Waals surface area contributed by atoms with E-state index >= 15 is 0 Å². The third kappa shape index (κ3) is 3.06. The van der Waals surface area contributed by atoms with Crippen molar-refractivity contribution in [3.8, 4) is 11.5 Å². The van der Waals surface area contributed by atoms with Gasteiger partial charge in [0.2, 0.25) is 0 Å². The molecule has 0 saturated heterocycles. The van der Waals surface area contributed by atoms with E-state index in [1.54, 1.807) is 18.2 Å². The van der Waals surface area contributed by atoms with Crippen molar-refractivity contribution in [3.05, 3.63) is 66.5 Å². The summed E-state index contributed by atoms with van der Waals surface area (Å²) in [5, 5.41) is 9.65. The molecule has 1 aliphatic heterocycles. The van der Waals surface area contributed by atoms with Gasteiger partial charge in [0.05, 0.1) is 12.2 Å². The number of aromatic hydroxyl groups is 1. The van der Waals surface area contributed by atoms with Crippen LogP contribution in [0.25, 0.3) is 0 Å². The number of ether oxygens (including phenoxy) is 1. The van der Waals surface area contributed by atoms with Gasteiger partial charge in [-0.3, -0.25) is 0 Å². The maximum Gasteiger partial charge on any atom is 0.146 e. The lowest BCUT2D eigenvalue weighted by atomic mass is 10.1. The summed E-state index contributed by atoms with van der Waals surface area (Å²) in [7, 11) is 0. The van der Waals surface area contributed by atoms with Crippen LogP contribution in [0.4, 0.5) is 10.1 Å². The molecule has 0 fully saturated rings. The highest BCUT2D eigenvalue weighted by Crippen LogP contribution is 2.36. The maximum absolute atomic E-state index is 13.3. The first-order valence-electron chi connectivity index (χ1n) is 7.25. The van der Waals surface area contributed by atoms with E-state index in [1.165, 1.54) is 12.1 Å². The molecular formula is C18H18FNO2. The van der Waals surface area contributed by atoms with Crippen molar-refractivity contribution in [1.29, 1.82) is 0 Å². The highest BCUT2D eigenvalue weighted by molar-refractivity contribution is 5.62. The third-order valence-corrected chi connectivity index (χ3v) is 3.70. The zero-order chi connectivity index (χ0) is 15.5. The largest absolute Gasteiger partial charge is 0.508 e. The second-order valence-electron chi connectivity index (χ2n) is 5.42. The molecular weight excluding hydrogens is 281 g/mol. The molecule has 3 nitrogen and oxygen atoms in total. The van der Waals surface area contributed by atoms with Gasteiger partial charge in [0.25, 0.3) is 0 Å². The molecule has 4 heteroatoms. The van der Waals surface area contributed by atoms with Gasteiger partial charge in [-0.15, -0.1) is 6.58 Å². The predicted octanol–water partition coefficient (Wildman–Crippen LogP) is 3.53. The first kappa shape index (κ1) is 14.4. The number of rotatable bonds is 4.